The standard InChI is InChI=1S/C23H28N2O2/c1-16(2)24-22(26)14-18-7-11-21(12-8-18)25(23(27)20-9-10-20)15-19-6-4-5-17(3)13-19/h4-8,11-13,16,20H,9-10,14-15H2,1-3H3,(H,24,26). The molecular formula is C23H28N2O2. The molecule has 1 aliphatic rings. The number of hydrogen-bond donors (Lipinski definition) is 1. The lowest BCUT2D eigenvalue weighted by atomic mass is 10.1. The highest BCUT2D eigenvalue weighted by Gasteiger charge is 2.34. The molecule has 3 rings (SSSR count). The smallest absolute Gasteiger partial charge is 0.230 e. The van der Waals surface area contributed by atoms with Crippen LogP contribution in [0.2, 0.25) is 0 Å². The van der Waals surface area contributed by atoms with Gasteiger partial charge < -0.3 is 10.2 Å². The number of aryl methyl sites for hydroxylation is 1. The van der Waals surface area contributed by atoms with Crippen LogP contribution in [0, 0.1) is 12.8 Å². The van der Waals surface area contributed by atoms with Crippen LogP contribution in [0.4, 0.5) is 5.69 Å². The number of amides is 2. The molecule has 0 atom stereocenters. The van der Waals surface area contributed by atoms with Crippen LogP contribution in [0.5, 0.6) is 0 Å². The summed E-state index contributed by atoms with van der Waals surface area (Å²) in [5, 5.41) is 2.90. The molecule has 1 aliphatic carbocycles. The number of nitrogens with one attached hydrogen (secondary N) is 1. The highest BCUT2D eigenvalue weighted by molar-refractivity contribution is 5.96. The average Bonchev–Trinajstić information content (AvgIpc) is 3.44. The zero-order valence-electron chi connectivity index (χ0n) is 16.4. The van der Waals surface area contributed by atoms with Gasteiger partial charge in [-0.05, 0) is 56.9 Å². The van der Waals surface area contributed by atoms with Crippen LogP contribution < -0.4 is 10.2 Å². The van der Waals surface area contributed by atoms with E-state index in [0.29, 0.717) is 13.0 Å². The summed E-state index contributed by atoms with van der Waals surface area (Å²) in [5.41, 5.74) is 4.16. The quantitative estimate of drug-likeness (QED) is 0.807. The lowest BCUT2D eigenvalue weighted by Crippen LogP contribution is -2.32. The average molecular weight is 364 g/mol. The lowest BCUT2D eigenvalue weighted by molar-refractivity contribution is -0.121. The molecule has 0 aromatic heterocycles. The highest BCUT2D eigenvalue weighted by Crippen LogP contribution is 2.33. The van der Waals surface area contributed by atoms with E-state index in [1.54, 1.807) is 0 Å². The summed E-state index contributed by atoms with van der Waals surface area (Å²) in [4.78, 5) is 26.7. The maximum atomic E-state index is 12.8. The van der Waals surface area contributed by atoms with Crippen molar-refractivity contribution in [2.45, 2.75) is 52.6 Å². The van der Waals surface area contributed by atoms with Crippen LogP contribution in [0.3, 0.4) is 0 Å². The zero-order chi connectivity index (χ0) is 19.4. The van der Waals surface area contributed by atoms with Crippen molar-refractivity contribution in [3.8, 4) is 0 Å². The highest BCUT2D eigenvalue weighted by atomic mass is 16.2. The number of anilines is 1. The van der Waals surface area contributed by atoms with Crippen LogP contribution in [-0.4, -0.2) is 17.9 Å². The molecule has 27 heavy (non-hydrogen) atoms. The second-order valence-electron chi connectivity index (χ2n) is 7.75. The molecular weight excluding hydrogens is 336 g/mol. The number of carbonyl (C=O) groups is 2. The van der Waals surface area contributed by atoms with E-state index >= 15 is 0 Å². The van der Waals surface area contributed by atoms with Crippen molar-refractivity contribution in [2.24, 2.45) is 5.92 Å². The molecule has 2 aromatic carbocycles. The molecule has 0 spiro atoms. The first kappa shape index (κ1) is 19.2. The Kier molecular flexibility index (Phi) is 5.94. The van der Waals surface area contributed by atoms with Gasteiger partial charge in [-0.25, -0.2) is 0 Å². The van der Waals surface area contributed by atoms with Gasteiger partial charge in [0.2, 0.25) is 11.8 Å². The number of nitrogens with zero attached hydrogens (tertiary/aromatic N) is 1. The van der Waals surface area contributed by atoms with E-state index in [2.05, 4.69) is 30.4 Å². The summed E-state index contributed by atoms with van der Waals surface area (Å²) in [5.74, 6) is 0.372. The number of carbonyl (C=O) groups excluding carboxylic acids is 2. The van der Waals surface area contributed by atoms with Crippen LogP contribution in [0.25, 0.3) is 0 Å². The SMILES string of the molecule is Cc1cccc(CN(C(=O)C2CC2)c2ccc(CC(=O)NC(C)C)cc2)c1. The lowest BCUT2D eigenvalue weighted by Gasteiger charge is -2.23. The summed E-state index contributed by atoms with van der Waals surface area (Å²) < 4.78 is 0. The molecule has 0 aliphatic heterocycles. The summed E-state index contributed by atoms with van der Waals surface area (Å²) in [6.45, 7) is 6.54. The molecule has 1 saturated carbocycles. The Morgan fingerprint density at radius 1 is 1.07 bits per heavy atom. The first-order valence-electron chi connectivity index (χ1n) is 9.67. The van der Waals surface area contributed by atoms with E-state index in [9.17, 15) is 9.59 Å². The minimum Gasteiger partial charge on any atom is -0.354 e. The monoisotopic (exact) mass is 364 g/mol. The van der Waals surface area contributed by atoms with E-state index in [0.717, 1.165) is 29.7 Å². The topological polar surface area (TPSA) is 49.4 Å². The Balaban J connectivity index is 1.76. The number of benzene rings is 2. The van der Waals surface area contributed by atoms with Crippen LogP contribution in [0.1, 0.15) is 43.4 Å². The molecule has 0 unspecified atom stereocenters. The van der Waals surface area contributed by atoms with Gasteiger partial charge in [0.1, 0.15) is 0 Å². The molecule has 0 radical (unpaired) electrons. The van der Waals surface area contributed by atoms with E-state index < -0.39 is 0 Å². The van der Waals surface area contributed by atoms with Gasteiger partial charge >= 0.3 is 0 Å². The zero-order valence-corrected chi connectivity index (χ0v) is 16.4. The predicted octanol–water partition coefficient (Wildman–Crippen LogP) is 4.01. The third-order valence-corrected chi connectivity index (χ3v) is 4.68. The summed E-state index contributed by atoms with van der Waals surface area (Å²) >= 11 is 0. The van der Waals surface area contributed by atoms with Gasteiger partial charge in [0, 0.05) is 17.6 Å². The van der Waals surface area contributed by atoms with Gasteiger partial charge in [0.15, 0.2) is 0 Å². The van der Waals surface area contributed by atoms with Crippen molar-refractivity contribution in [3.05, 3.63) is 65.2 Å². The fourth-order valence-electron chi connectivity index (χ4n) is 3.19. The molecule has 0 heterocycles. The first-order valence-corrected chi connectivity index (χ1v) is 9.67. The maximum Gasteiger partial charge on any atom is 0.230 e. The normalized spacial score (nSPS) is 13.5. The molecule has 142 valence electrons. The Bertz CT molecular complexity index is 807. The van der Waals surface area contributed by atoms with E-state index in [1.165, 1.54) is 5.56 Å². The Hall–Kier alpha value is -2.62. The van der Waals surface area contributed by atoms with Gasteiger partial charge in [-0.2, -0.15) is 0 Å². The minimum atomic E-state index is 0.0171. The van der Waals surface area contributed by atoms with Crippen molar-refractivity contribution in [1.29, 1.82) is 0 Å². The van der Waals surface area contributed by atoms with Crippen LogP contribution in [-0.2, 0) is 22.6 Å². The summed E-state index contributed by atoms with van der Waals surface area (Å²) in [7, 11) is 0. The van der Waals surface area contributed by atoms with E-state index in [1.807, 2.05) is 49.1 Å². The molecule has 4 nitrogen and oxygen atoms in total. The Morgan fingerprint density at radius 3 is 2.37 bits per heavy atom. The van der Waals surface area contributed by atoms with Crippen LogP contribution >= 0.6 is 0 Å². The molecule has 4 heteroatoms. The molecule has 1 fully saturated rings. The third kappa shape index (κ3) is 5.43. The molecule has 0 saturated heterocycles. The second kappa shape index (κ2) is 8.38. The summed E-state index contributed by atoms with van der Waals surface area (Å²) in [6, 6.07) is 16.2. The maximum absolute atomic E-state index is 12.8. The van der Waals surface area contributed by atoms with Gasteiger partial charge in [-0.3, -0.25) is 9.59 Å². The minimum absolute atomic E-state index is 0.0171. The van der Waals surface area contributed by atoms with E-state index in [4.69, 9.17) is 0 Å². The third-order valence-electron chi connectivity index (χ3n) is 4.68. The van der Waals surface area contributed by atoms with E-state index in [-0.39, 0.29) is 23.8 Å². The molecule has 1 N–H and O–H groups in total. The van der Waals surface area contributed by atoms with Crippen LogP contribution in [0.15, 0.2) is 48.5 Å². The number of hydrogen-bond acceptors (Lipinski definition) is 2. The number of rotatable bonds is 7. The first-order chi connectivity index (χ1) is 12.9. The molecule has 0 bridgehead atoms. The van der Waals surface area contributed by atoms with Gasteiger partial charge in [0.25, 0.3) is 0 Å². The summed E-state index contributed by atoms with van der Waals surface area (Å²) in [6.07, 6.45) is 2.32. The largest absolute Gasteiger partial charge is 0.354 e. The fourth-order valence-corrected chi connectivity index (χ4v) is 3.19. The van der Waals surface area contributed by atoms with Crippen molar-refractivity contribution < 1.29 is 9.59 Å². The van der Waals surface area contributed by atoms with Gasteiger partial charge in [-0.15, -0.1) is 0 Å². The van der Waals surface area contributed by atoms with Gasteiger partial charge in [0.05, 0.1) is 13.0 Å². The predicted molar refractivity (Wildman–Crippen MR) is 109 cm³/mol. The Morgan fingerprint density at radius 2 is 1.78 bits per heavy atom. The molecule has 2 aromatic rings. The molecule has 2 amide bonds. The fraction of sp³-hybridized carbons (Fsp3) is 0.391. The Labute approximate surface area is 161 Å². The van der Waals surface area contributed by atoms with Crippen molar-refractivity contribution in [3.63, 3.8) is 0 Å². The second-order valence-corrected chi connectivity index (χ2v) is 7.75. The van der Waals surface area contributed by atoms with Crippen molar-refractivity contribution in [2.75, 3.05) is 4.90 Å². The van der Waals surface area contributed by atoms with Gasteiger partial charge in [-0.1, -0.05) is 42.0 Å². The van der Waals surface area contributed by atoms with Crippen molar-refractivity contribution >= 4 is 17.5 Å². The van der Waals surface area contributed by atoms with Crippen molar-refractivity contribution in [1.82, 2.24) is 5.32 Å².